The molecule has 1 amide bonds. The van der Waals surface area contributed by atoms with Gasteiger partial charge in [-0.3, -0.25) is 9.88 Å². The van der Waals surface area contributed by atoms with Gasteiger partial charge in [0.05, 0.1) is 6.54 Å². The van der Waals surface area contributed by atoms with E-state index >= 15 is 0 Å². The number of hydrogen-bond acceptors (Lipinski definition) is 5. The van der Waals surface area contributed by atoms with Crippen molar-refractivity contribution in [2.45, 2.75) is 12.6 Å². The van der Waals surface area contributed by atoms with E-state index in [1.54, 1.807) is 17.3 Å². The summed E-state index contributed by atoms with van der Waals surface area (Å²) in [5.41, 5.74) is 1.08. The van der Waals surface area contributed by atoms with Gasteiger partial charge in [0.15, 0.2) is 0 Å². The molecule has 1 aromatic rings. The van der Waals surface area contributed by atoms with Crippen LogP contribution in [0.25, 0.3) is 0 Å². The Morgan fingerprint density at radius 2 is 2.05 bits per heavy atom. The van der Waals surface area contributed by atoms with Crippen LogP contribution in [-0.2, 0) is 11.3 Å². The number of aromatic nitrogens is 1. The summed E-state index contributed by atoms with van der Waals surface area (Å²) in [6, 6.07) is 3.85. The van der Waals surface area contributed by atoms with Gasteiger partial charge in [0, 0.05) is 51.7 Å². The Bertz CT molecular complexity index is 448. The van der Waals surface area contributed by atoms with Gasteiger partial charge >= 0.3 is 6.09 Å². The third kappa shape index (κ3) is 3.26. The fourth-order valence-electron chi connectivity index (χ4n) is 2.69. The molecular weight excluding hydrogens is 256 g/mol. The fraction of sp³-hybridized carbons (Fsp3) is 0.571. The number of pyridine rings is 1. The van der Waals surface area contributed by atoms with Gasteiger partial charge in [0.25, 0.3) is 0 Å². The molecule has 1 N–H and O–H groups in total. The van der Waals surface area contributed by atoms with Crippen molar-refractivity contribution in [2.75, 3.05) is 39.3 Å². The van der Waals surface area contributed by atoms with Crippen molar-refractivity contribution < 1.29 is 9.53 Å². The Morgan fingerprint density at radius 3 is 2.80 bits per heavy atom. The lowest BCUT2D eigenvalue weighted by Crippen LogP contribution is -2.46. The first-order valence-corrected chi connectivity index (χ1v) is 7.09. The summed E-state index contributed by atoms with van der Waals surface area (Å²) in [6.07, 6.45) is 3.27. The number of carbonyl (C=O) groups excluding carboxylic acids is 1. The molecule has 20 heavy (non-hydrogen) atoms. The van der Waals surface area contributed by atoms with Gasteiger partial charge in [-0.25, -0.2) is 4.79 Å². The predicted octanol–water partition coefficient (Wildman–Crippen LogP) is 0.308. The number of amides is 1. The largest absolute Gasteiger partial charge is 0.443 e. The highest BCUT2D eigenvalue weighted by Crippen LogP contribution is 2.16. The van der Waals surface area contributed by atoms with E-state index in [2.05, 4.69) is 15.2 Å². The molecule has 2 aliphatic rings. The number of nitrogens with one attached hydrogen (secondary N) is 1. The minimum atomic E-state index is -0.207. The lowest BCUT2D eigenvalue weighted by molar-refractivity contribution is 0.101. The van der Waals surface area contributed by atoms with Crippen LogP contribution in [0, 0.1) is 0 Å². The molecule has 108 valence electrons. The number of nitrogens with zero attached hydrogens (tertiary/aromatic N) is 3. The van der Waals surface area contributed by atoms with Crippen molar-refractivity contribution in [1.82, 2.24) is 20.1 Å². The number of hydrogen-bond donors (Lipinski definition) is 1. The summed E-state index contributed by atoms with van der Waals surface area (Å²) in [6.45, 7) is 6.18. The molecule has 1 atom stereocenters. The monoisotopic (exact) mass is 276 g/mol. The Hall–Kier alpha value is -1.66. The van der Waals surface area contributed by atoms with Crippen LogP contribution in [0.3, 0.4) is 0 Å². The molecule has 0 radical (unpaired) electrons. The van der Waals surface area contributed by atoms with Crippen LogP contribution in [-0.4, -0.2) is 66.2 Å². The molecule has 6 nitrogen and oxygen atoms in total. The van der Waals surface area contributed by atoms with Crippen LogP contribution in [0.5, 0.6) is 0 Å². The average Bonchev–Trinajstić information content (AvgIpc) is 2.81. The van der Waals surface area contributed by atoms with Crippen molar-refractivity contribution in [2.24, 2.45) is 0 Å². The van der Waals surface area contributed by atoms with Crippen molar-refractivity contribution in [3.8, 4) is 0 Å². The highest BCUT2D eigenvalue weighted by Gasteiger charge is 2.32. The molecule has 0 bridgehead atoms. The predicted molar refractivity (Wildman–Crippen MR) is 74.2 cm³/mol. The molecule has 1 aromatic heterocycles. The first-order chi connectivity index (χ1) is 9.81. The SMILES string of the molecule is O=C1OC(CN2CCNCC2)CN1Cc1ccncc1. The molecule has 0 spiro atoms. The van der Waals surface area contributed by atoms with E-state index < -0.39 is 0 Å². The fourth-order valence-corrected chi connectivity index (χ4v) is 2.69. The van der Waals surface area contributed by atoms with Crippen molar-refractivity contribution in [3.05, 3.63) is 30.1 Å². The number of piperazine rings is 1. The lowest BCUT2D eigenvalue weighted by atomic mass is 10.2. The summed E-state index contributed by atoms with van der Waals surface area (Å²) in [5, 5.41) is 3.32. The molecule has 3 heterocycles. The molecule has 0 aliphatic carbocycles. The molecule has 2 fully saturated rings. The minimum absolute atomic E-state index is 0.0116. The second kappa shape index (κ2) is 6.19. The Morgan fingerprint density at radius 1 is 1.30 bits per heavy atom. The maximum atomic E-state index is 11.9. The van der Waals surface area contributed by atoms with Crippen molar-refractivity contribution >= 4 is 6.09 Å². The molecule has 2 saturated heterocycles. The minimum Gasteiger partial charge on any atom is -0.443 e. The second-order valence-electron chi connectivity index (χ2n) is 5.29. The van der Waals surface area contributed by atoms with Crippen LogP contribution in [0.15, 0.2) is 24.5 Å². The summed E-state index contributed by atoms with van der Waals surface area (Å²) in [5.74, 6) is 0. The van der Waals surface area contributed by atoms with Crippen LogP contribution >= 0.6 is 0 Å². The average molecular weight is 276 g/mol. The molecule has 3 rings (SSSR count). The van der Waals surface area contributed by atoms with Crippen LogP contribution in [0.1, 0.15) is 5.56 Å². The zero-order valence-electron chi connectivity index (χ0n) is 11.5. The molecule has 2 aliphatic heterocycles. The van der Waals surface area contributed by atoms with Crippen molar-refractivity contribution in [3.63, 3.8) is 0 Å². The maximum absolute atomic E-state index is 11.9. The van der Waals surface area contributed by atoms with Crippen molar-refractivity contribution in [1.29, 1.82) is 0 Å². The summed E-state index contributed by atoms with van der Waals surface area (Å²) >= 11 is 0. The maximum Gasteiger partial charge on any atom is 0.410 e. The van der Waals surface area contributed by atoms with E-state index in [0.29, 0.717) is 13.1 Å². The van der Waals surface area contributed by atoms with Gasteiger partial charge in [-0.15, -0.1) is 0 Å². The Kier molecular flexibility index (Phi) is 4.13. The van der Waals surface area contributed by atoms with Gasteiger partial charge < -0.3 is 15.0 Å². The summed E-state index contributed by atoms with van der Waals surface area (Å²) < 4.78 is 5.46. The standard InChI is InChI=1S/C14H20N4O2/c19-14-18(9-12-1-3-15-4-2-12)11-13(20-14)10-17-7-5-16-6-8-17/h1-4,13,16H,5-11H2. The highest BCUT2D eigenvalue weighted by atomic mass is 16.6. The van der Waals surface area contributed by atoms with E-state index in [9.17, 15) is 4.79 Å². The zero-order chi connectivity index (χ0) is 13.8. The van der Waals surface area contributed by atoms with E-state index in [-0.39, 0.29) is 12.2 Å². The van der Waals surface area contributed by atoms with Gasteiger partial charge in [-0.1, -0.05) is 0 Å². The van der Waals surface area contributed by atoms with Gasteiger partial charge in [-0.2, -0.15) is 0 Å². The second-order valence-corrected chi connectivity index (χ2v) is 5.29. The Labute approximate surface area is 118 Å². The summed E-state index contributed by atoms with van der Waals surface area (Å²) in [7, 11) is 0. The summed E-state index contributed by atoms with van der Waals surface area (Å²) in [4.78, 5) is 20.0. The first kappa shape index (κ1) is 13.3. The molecule has 1 unspecified atom stereocenters. The third-order valence-corrected chi connectivity index (χ3v) is 3.74. The van der Waals surface area contributed by atoms with E-state index in [1.807, 2.05) is 12.1 Å². The number of rotatable bonds is 4. The quantitative estimate of drug-likeness (QED) is 0.857. The molecule has 0 aromatic carbocycles. The normalized spacial score (nSPS) is 23.9. The van der Waals surface area contributed by atoms with Gasteiger partial charge in [0.2, 0.25) is 0 Å². The first-order valence-electron chi connectivity index (χ1n) is 7.09. The topological polar surface area (TPSA) is 57.7 Å². The highest BCUT2D eigenvalue weighted by molar-refractivity contribution is 5.69. The lowest BCUT2D eigenvalue weighted by Gasteiger charge is -2.28. The molecule has 0 saturated carbocycles. The number of cyclic esters (lactones) is 1. The zero-order valence-corrected chi connectivity index (χ0v) is 11.5. The Balaban J connectivity index is 1.52. The van der Waals surface area contributed by atoms with Crippen LogP contribution in [0.4, 0.5) is 4.79 Å². The van der Waals surface area contributed by atoms with Crippen LogP contribution < -0.4 is 5.32 Å². The number of carbonyl (C=O) groups is 1. The van der Waals surface area contributed by atoms with E-state index in [1.165, 1.54) is 0 Å². The van der Waals surface area contributed by atoms with Gasteiger partial charge in [-0.05, 0) is 17.7 Å². The molecular formula is C14H20N4O2. The molecule has 6 heteroatoms. The smallest absolute Gasteiger partial charge is 0.410 e. The van der Waals surface area contributed by atoms with E-state index in [4.69, 9.17) is 4.74 Å². The van der Waals surface area contributed by atoms with Gasteiger partial charge in [0.1, 0.15) is 6.10 Å². The third-order valence-electron chi connectivity index (χ3n) is 3.74. The van der Waals surface area contributed by atoms with Crippen LogP contribution in [0.2, 0.25) is 0 Å². The number of ether oxygens (including phenoxy) is 1. The van der Waals surface area contributed by atoms with E-state index in [0.717, 1.165) is 38.3 Å².